The standard InChI is InChI=1S/C26H28F6N3/c27-25(28,29)19-14-18(15-20(16-19)26(30,31)32)24-23(17-4-2-1-3-5-17)22(8-9-33-24)35-12-10-34(11-13-35)21-6-7-21/h1-5,14-16,21-24H,6-13H2. The number of halogens is 6. The van der Waals surface area contributed by atoms with Gasteiger partial charge in [0.25, 0.3) is 0 Å². The highest BCUT2D eigenvalue weighted by Gasteiger charge is 2.43. The summed E-state index contributed by atoms with van der Waals surface area (Å²) < 4.78 is 81.5. The molecule has 3 unspecified atom stereocenters. The lowest BCUT2D eigenvalue weighted by atomic mass is 9.76. The number of hydrogen-bond donors (Lipinski definition) is 0. The summed E-state index contributed by atoms with van der Waals surface area (Å²) in [6, 6.07) is 11.2. The Hall–Kier alpha value is -2.10. The zero-order valence-electron chi connectivity index (χ0n) is 19.2. The van der Waals surface area contributed by atoms with Gasteiger partial charge >= 0.3 is 12.4 Å². The first-order chi connectivity index (χ1) is 16.6. The molecule has 0 bridgehead atoms. The van der Waals surface area contributed by atoms with E-state index < -0.39 is 29.5 Å². The minimum absolute atomic E-state index is 0.00914. The normalized spacial score (nSPS) is 27.2. The summed E-state index contributed by atoms with van der Waals surface area (Å²) in [6.45, 7) is 3.96. The molecule has 2 saturated heterocycles. The van der Waals surface area contributed by atoms with Crippen molar-refractivity contribution in [1.29, 1.82) is 0 Å². The Morgan fingerprint density at radius 1 is 0.686 bits per heavy atom. The first kappa shape index (κ1) is 24.6. The summed E-state index contributed by atoms with van der Waals surface area (Å²) >= 11 is 0. The summed E-state index contributed by atoms with van der Waals surface area (Å²) in [6.07, 6.45) is -6.58. The Morgan fingerprint density at radius 2 is 1.26 bits per heavy atom. The van der Waals surface area contributed by atoms with Crippen LogP contribution < -0.4 is 5.32 Å². The molecule has 3 aliphatic rings. The van der Waals surface area contributed by atoms with Crippen molar-refractivity contribution in [3.05, 3.63) is 70.8 Å². The summed E-state index contributed by atoms with van der Waals surface area (Å²) in [7, 11) is 0. The van der Waals surface area contributed by atoms with Crippen LogP contribution in [0, 0.1) is 0 Å². The molecule has 189 valence electrons. The van der Waals surface area contributed by atoms with Crippen LogP contribution in [0.1, 0.15) is 53.5 Å². The summed E-state index contributed by atoms with van der Waals surface area (Å²) in [4.78, 5) is 4.86. The van der Waals surface area contributed by atoms with Crippen LogP contribution in [-0.4, -0.2) is 54.6 Å². The lowest BCUT2D eigenvalue weighted by Crippen LogP contribution is -2.55. The van der Waals surface area contributed by atoms with Crippen molar-refractivity contribution in [2.24, 2.45) is 0 Å². The summed E-state index contributed by atoms with van der Waals surface area (Å²) in [5, 5.41) is 4.63. The van der Waals surface area contributed by atoms with Gasteiger partial charge in [0.05, 0.1) is 17.2 Å². The number of piperazine rings is 1. The van der Waals surface area contributed by atoms with Gasteiger partial charge in [0, 0.05) is 50.7 Å². The van der Waals surface area contributed by atoms with Gasteiger partial charge in [0.1, 0.15) is 0 Å². The Labute approximate surface area is 201 Å². The molecule has 35 heavy (non-hydrogen) atoms. The average Bonchev–Trinajstić information content (AvgIpc) is 3.68. The second-order valence-corrected chi connectivity index (χ2v) is 9.79. The molecule has 1 aliphatic carbocycles. The zero-order chi connectivity index (χ0) is 24.8. The number of rotatable bonds is 4. The van der Waals surface area contributed by atoms with E-state index in [1.54, 1.807) is 0 Å². The lowest BCUT2D eigenvalue weighted by Gasteiger charge is -2.47. The van der Waals surface area contributed by atoms with Crippen molar-refractivity contribution in [3.63, 3.8) is 0 Å². The molecule has 9 heteroatoms. The number of alkyl halides is 6. The van der Waals surface area contributed by atoms with E-state index in [-0.39, 0.29) is 23.6 Å². The molecule has 0 aromatic heterocycles. The predicted molar refractivity (Wildman–Crippen MR) is 120 cm³/mol. The van der Waals surface area contributed by atoms with E-state index in [0.717, 1.165) is 50.3 Å². The predicted octanol–water partition coefficient (Wildman–Crippen LogP) is 5.71. The highest BCUT2D eigenvalue weighted by Crippen LogP contribution is 2.44. The van der Waals surface area contributed by atoms with E-state index in [4.69, 9.17) is 0 Å². The molecule has 1 radical (unpaired) electrons. The van der Waals surface area contributed by atoms with E-state index in [2.05, 4.69) is 15.1 Å². The number of benzene rings is 2. The molecule has 0 amide bonds. The Bertz CT molecular complexity index is 978. The fraction of sp³-hybridized carbons (Fsp3) is 0.538. The van der Waals surface area contributed by atoms with Crippen LogP contribution in [0.5, 0.6) is 0 Å². The third-order valence-electron chi connectivity index (χ3n) is 7.52. The van der Waals surface area contributed by atoms with Crippen LogP contribution in [0.3, 0.4) is 0 Å². The monoisotopic (exact) mass is 496 g/mol. The van der Waals surface area contributed by atoms with Crippen LogP contribution in [0.15, 0.2) is 48.5 Å². The van der Waals surface area contributed by atoms with Gasteiger partial charge in [-0.15, -0.1) is 0 Å². The van der Waals surface area contributed by atoms with Crippen molar-refractivity contribution in [3.8, 4) is 0 Å². The lowest BCUT2D eigenvalue weighted by molar-refractivity contribution is -0.143. The fourth-order valence-corrected chi connectivity index (χ4v) is 5.68. The third kappa shape index (κ3) is 5.37. The molecular weight excluding hydrogens is 468 g/mol. The minimum Gasteiger partial charge on any atom is -0.298 e. The molecule has 5 rings (SSSR count). The van der Waals surface area contributed by atoms with Gasteiger partial charge in [-0.25, -0.2) is 5.32 Å². The summed E-state index contributed by atoms with van der Waals surface area (Å²) in [5.74, 6) is -0.331. The number of nitrogens with zero attached hydrogens (tertiary/aromatic N) is 3. The molecule has 2 aliphatic heterocycles. The first-order valence-electron chi connectivity index (χ1n) is 12.1. The largest absolute Gasteiger partial charge is 0.416 e. The molecule has 3 atom stereocenters. The highest BCUT2D eigenvalue weighted by molar-refractivity contribution is 5.38. The molecule has 2 aromatic rings. The highest BCUT2D eigenvalue weighted by atomic mass is 19.4. The van der Waals surface area contributed by atoms with Gasteiger partial charge < -0.3 is 0 Å². The molecule has 2 aromatic carbocycles. The topological polar surface area (TPSA) is 20.6 Å². The van der Waals surface area contributed by atoms with Crippen molar-refractivity contribution in [1.82, 2.24) is 15.1 Å². The molecule has 3 nitrogen and oxygen atoms in total. The smallest absolute Gasteiger partial charge is 0.298 e. The van der Waals surface area contributed by atoms with Crippen molar-refractivity contribution >= 4 is 0 Å². The molecule has 0 spiro atoms. The van der Waals surface area contributed by atoms with Crippen molar-refractivity contribution in [2.45, 2.75) is 55.7 Å². The van der Waals surface area contributed by atoms with Gasteiger partial charge in [0.2, 0.25) is 0 Å². The van der Waals surface area contributed by atoms with Crippen molar-refractivity contribution < 1.29 is 26.3 Å². The maximum atomic E-state index is 13.6. The number of piperidine rings is 1. The van der Waals surface area contributed by atoms with Gasteiger partial charge in [0.15, 0.2) is 0 Å². The van der Waals surface area contributed by atoms with Crippen molar-refractivity contribution in [2.75, 3.05) is 32.7 Å². The minimum atomic E-state index is -4.88. The maximum Gasteiger partial charge on any atom is 0.416 e. The van der Waals surface area contributed by atoms with E-state index in [1.165, 1.54) is 12.8 Å². The van der Waals surface area contributed by atoms with Gasteiger partial charge in [-0.3, -0.25) is 9.80 Å². The third-order valence-corrected chi connectivity index (χ3v) is 7.52. The van der Waals surface area contributed by atoms with Crippen LogP contribution in [0.4, 0.5) is 26.3 Å². The van der Waals surface area contributed by atoms with E-state index in [9.17, 15) is 26.3 Å². The van der Waals surface area contributed by atoms with Gasteiger partial charge in [-0.2, -0.15) is 26.3 Å². The maximum absolute atomic E-state index is 13.6. The SMILES string of the molecule is FC(F)(F)c1cc(C2[N]CCC(N3CCN(C4CC4)CC3)C2c2ccccc2)cc(C(F)(F)F)c1. The molecular formula is C26H28F6N3. The first-order valence-corrected chi connectivity index (χ1v) is 12.1. The molecule has 2 heterocycles. The van der Waals surface area contributed by atoms with Crippen LogP contribution >= 0.6 is 0 Å². The quantitative estimate of drug-likeness (QED) is 0.506. The van der Waals surface area contributed by atoms with E-state index in [0.29, 0.717) is 12.6 Å². The van der Waals surface area contributed by atoms with Crippen LogP contribution in [-0.2, 0) is 12.4 Å². The van der Waals surface area contributed by atoms with Crippen LogP contribution in [0.2, 0.25) is 0 Å². The van der Waals surface area contributed by atoms with Crippen LogP contribution in [0.25, 0.3) is 0 Å². The fourth-order valence-electron chi connectivity index (χ4n) is 5.68. The molecule has 1 saturated carbocycles. The summed E-state index contributed by atoms with van der Waals surface area (Å²) in [5.41, 5.74) is -1.71. The average molecular weight is 497 g/mol. The Kier molecular flexibility index (Phi) is 6.61. The van der Waals surface area contributed by atoms with E-state index in [1.807, 2.05) is 30.3 Å². The Balaban J connectivity index is 1.52. The zero-order valence-corrected chi connectivity index (χ0v) is 19.2. The molecule has 0 N–H and O–H groups in total. The van der Waals surface area contributed by atoms with Gasteiger partial charge in [-0.1, -0.05) is 30.3 Å². The second-order valence-electron chi connectivity index (χ2n) is 9.79. The Morgan fingerprint density at radius 3 is 1.80 bits per heavy atom. The second kappa shape index (κ2) is 9.41. The van der Waals surface area contributed by atoms with Gasteiger partial charge in [-0.05, 0) is 48.6 Å². The molecule has 3 fully saturated rings. The van der Waals surface area contributed by atoms with E-state index >= 15 is 0 Å². The number of hydrogen-bond acceptors (Lipinski definition) is 2.